The molecule has 0 heterocycles. The van der Waals surface area contributed by atoms with Crippen molar-refractivity contribution < 1.29 is 9.53 Å². The Kier molecular flexibility index (Phi) is 5.05. The van der Waals surface area contributed by atoms with Crippen LogP contribution in [0.1, 0.15) is 5.56 Å². The summed E-state index contributed by atoms with van der Waals surface area (Å²) in [5.74, 6) is 1.33. The first-order valence-corrected chi connectivity index (χ1v) is 7.67. The molecule has 0 aliphatic heterocycles. The Labute approximate surface area is 141 Å². The van der Waals surface area contributed by atoms with Crippen molar-refractivity contribution >= 4 is 17.7 Å². The van der Waals surface area contributed by atoms with Gasteiger partial charge in [-0.25, -0.2) is 0 Å². The molecule has 0 saturated carbocycles. The van der Waals surface area contributed by atoms with Crippen LogP contribution < -0.4 is 10.1 Å². The maximum absolute atomic E-state index is 11.9. The Balaban J connectivity index is 1.58. The molecule has 0 atom stereocenters. The second-order valence-corrected chi connectivity index (χ2v) is 5.17. The Morgan fingerprint density at radius 1 is 0.750 bits per heavy atom. The number of para-hydroxylation sites is 1. The van der Waals surface area contributed by atoms with Crippen molar-refractivity contribution in [2.45, 2.75) is 0 Å². The summed E-state index contributed by atoms with van der Waals surface area (Å²) in [5.41, 5.74) is 1.71. The van der Waals surface area contributed by atoms with Crippen molar-refractivity contribution in [2.24, 2.45) is 0 Å². The molecule has 0 spiro atoms. The monoisotopic (exact) mass is 315 g/mol. The Hall–Kier alpha value is -3.33. The van der Waals surface area contributed by atoms with Crippen LogP contribution in [-0.2, 0) is 4.79 Å². The molecule has 1 N–H and O–H groups in total. The zero-order chi connectivity index (χ0) is 16.6. The molecule has 0 radical (unpaired) electrons. The predicted molar refractivity (Wildman–Crippen MR) is 97.1 cm³/mol. The number of rotatable bonds is 5. The van der Waals surface area contributed by atoms with Crippen molar-refractivity contribution in [2.75, 3.05) is 5.32 Å². The molecule has 0 unspecified atom stereocenters. The van der Waals surface area contributed by atoms with Gasteiger partial charge in [0.2, 0.25) is 5.91 Å². The van der Waals surface area contributed by atoms with E-state index in [2.05, 4.69) is 5.32 Å². The van der Waals surface area contributed by atoms with Crippen LogP contribution in [0, 0.1) is 0 Å². The lowest BCUT2D eigenvalue weighted by Crippen LogP contribution is -2.07. The van der Waals surface area contributed by atoms with E-state index in [9.17, 15) is 4.79 Å². The lowest BCUT2D eigenvalue weighted by atomic mass is 10.2. The fourth-order valence-corrected chi connectivity index (χ4v) is 2.15. The van der Waals surface area contributed by atoms with Crippen LogP contribution in [0.5, 0.6) is 11.5 Å². The fraction of sp³-hybridized carbons (Fsp3) is 0. The van der Waals surface area contributed by atoms with Crippen molar-refractivity contribution in [3.63, 3.8) is 0 Å². The number of nitrogens with one attached hydrogen (secondary N) is 1. The first-order valence-electron chi connectivity index (χ1n) is 7.67. The molecule has 0 aliphatic carbocycles. The number of carbonyl (C=O) groups is 1. The molecule has 0 aliphatic rings. The first kappa shape index (κ1) is 15.6. The van der Waals surface area contributed by atoms with E-state index < -0.39 is 0 Å². The molecular formula is C21H17NO2. The van der Waals surface area contributed by atoms with Crippen LogP contribution in [-0.4, -0.2) is 5.91 Å². The highest BCUT2D eigenvalue weighted by molar-refractivity contribution is 6.01. The first-order chi connectivity index (χ1) is 11.8. The van der Waals surface area contributed by atoms with Crippen LogP contribution in [0.15, 0.2) is 91.0 Å². The van der Waals surface area contributed by atoms with E-state index in [4.69, 9.17) is 4.74 Å². The largest absolute Gasteiger partial charge is 0.457 e. The average Bonchev–Trinajstić information content (AvgIpc) is 2.63. The molecule has 3 nitrogen and oxygen atoms in total. The van der Waals surface area contributed by atoms with Gasteiger partial charge in [0.05, 0.1) is 0 Å². The minimum Gasteiger partial charge on any atom is -0.457 e. The topological polar surface area (TPSA) is 38.3 Å². The van der Waals surface area contributed by atoms with E-state index in [1.54, 1.807) is 6.08 Å². The molecule has 3 rings (SSSR count). The number of hydrogen-bond acceptors (Lipinski definition) is 2. The molecular weight excluding hydrogens is 298 g/mol. The van der Waals surface area contributed by atoms with E-state index in [0.29, 0.717) is 0 Å². The molecule has 0 aromatic heterocycles. The van der Waals surface area contributed by atoms with Gasteiger partial charge in [0, 0.05) is 11.8 Å². The summed E-state index contributed by atoms with van der Waals surface area (Å²) < 4.78 is 5.72. The molecule has 0 bridgehead atoms. The zero-order valence-corrected chi connectivity index (χ0v) is 13.1. The third kappa shape index (κ3) is 4.58. The number of anilines is 1. The number of carbonyl (C=O) groups excluding carboxylic acids is 1. The normalized spacial score (nSPS) is 10.5. The Morgan fingerprint density at radius 3 is 2.00 bits per heavy atom. The summed E-state index contributed by atoms with van der Waals surface area (Å²) in [6.45, 7) is 0. The maximum atomic E-state index is 11.9. The third-order valence-electron chi connectivity index (χ3n) is 3.33. The molecule has 0 saturated heterocycles. The standard InChI is InChI=1S/C21H17NO2/c23-21(16-11-17-7-3-1-4-8-17)22-18-12-14-20(15-13-18)24-19-9-5-2-6-10-19/h1-16H,(H,22,23)/b16-11-. The lowest BCUT2D eigenvalue weighted by molar-refractivity contribution is -0.111. The van der Waals surface area contributed by atoms with Crippen molar-refractivity contribution in [1.29, 1.82) is 0 Å². The average molecular weight is 315 g/mol. The number of hydrogen-bond donors (Lipinski definition) is 1. The van der Waals surface area contributed by atoms with Crippen LogP contribution in [0.25, 0.3) is 6.08 Å². The minimum atomic E-state index is -0.171. The lowest BCUT2D eigenvalue weighted by Gasteiger charge is -2.07. The highest BCUT2D eigenvalue weighted by Crippen LogP contribution is 2.22. The molecule has 3 aromatic rings. The van der Waals surface area contributed by atoms with Crippen molar-refractivity contribution in [3.8, 4) is 11.5 Å². The van der Waals surface area contributed by atoms with Gasteiger partial charge in [-0.2, -0.15) is 0 Å². The second kappa shape index (κ2) is 7.79. The zero-order valence-electron chi connectivity index (χ0n) is 13.1. The van der Waals surface area contributed by atoms with Crippen LogP contribution >= 0.6 is 0 Å². The summed E-state index contributed by atoms with van der Waals surface area (Å²) in [7, 11) is 0. The van der Waals surface area contributed by atoms with E-state index in [1.165, 1.54) is 6.08 Å². The molecule has 118 valence electrons. The van der Waals surface area contributed by atoms with Crippen molar-refractivity contribution in [1.82, 2.24) is 0 Å². The summed E-state index contributed by atoms with van der Waals surface area (Å²) in [6.07, 6.45) is 3.30. The highest BCUT2D eigenvalue weighted by atomic mass is 16.5. The van der Waals surface area contributed by atoms with Gasteiger partial charge >= 0.3 is 0 Å². The fourth-order valence-electron chi connectivity index (χ4n) is 2.15. The molecule has 3 aromatic carbocycles. The van der Waals surface area contributed by atoms with E-state index in [1.807, 2.05) is 84.9 Å². The van der Waals surface area contributed by atoms with Crippen molar-refractivity contribution in [3.05, 3.63) is 96.6 Å². The van der Waals surface area contributed by atoms with Gasteiger partial charge in [0.1, 0.15) is 11.5 Å². The molecule has 3 heteroatoms. The Bertz CT molecular complexity index is 809. The van der Waals surface area contributed by atoms with Gasteiger partial charge < -0.3 is 10.1 Å². The smallest absolute Gasteiger partial charge is 0.248 e. The third-order valence-corrected chi connectivity index (χ3v) is 3.33. The number of benzene rings is 3. The van der Waals surface area contributed by atoms with Gasteiger partial charge in [-0.05, 0) is 48.0 Å². The minimum absolute atomic E-state index is 0.171. The van der Waals surface area contributed by atoms with Crippen LogP contribution in [0.4, 0.5) is 5.69 Å². The Morgan fingerprint density at radius 2 is 1.33 bits per heavy atom. The molecule has 1 amide bonds. The summed E-state index contributed by atoms with van der Waals surface area (Å²) in [4.78, 5) is 11.9. The SMILES string of the molecule is O=C(/C=C\c1ccccc1)Nc1ccc(Oc2ccccc2)cc1. The van der Waals surface area contributed by atoms with Gasteiger partial charge in [-0.3, -0.25) is 4.79 Å². The van der Waals surface area contributed by atoms with E-state index in [0.717, 1.165) is 22.7 Å². The highest BCUT2D eigenvalue weighted by Gasteiger charge is 2.00. The van der Waals surface area contributed by atoms with Gasteiger partial charge in [-0.15, -0.1) is 0 Å². The molecule has 0 fully saturated rings. The maximum Gasteiger partial charge on any atom is 0.248 e. The summed E-state index contributed by atoms with van der Waals surface area (Å²) in [5, 5.41) is 2.82. The second-order valence-electron chi connectivity index (χ2n) is 5.17. The van der Waals surface area contributed by atoms with Crippen LogP contribution in [0.3, 0.4) is 0 Å². The van der Waals surface area contributed by atoms with Crippen LogP contribution in [0.2, 0.25) is 0 Å². The van der Waals surface area contributed by atoms with Gasteiger partial charge in [0.25, 0.3) is 0 Å². The summed E-state index contributed by atoms with van der Waals surface area (Å²) in [6, 6.07) is 26.5. The molecule has 24 heavy (non-hydrogen) atoms. The predicted octanol–water partition coefficient (Wildman–Crippen LogP) is 5.13. The van der Waals surface area contributed by atoms with Gasteiger partial charge in [0.15, 0.2) is 0 Å². The number of amides is 1. The van der Waals surface area contributed by atoms with Gasteiger partial charge in [-0.1, -0.05) is 48.5 Å². The number of ether oxygens (including phenoxy) is 1. The summed E-state index contributed by atoms with van der Waals surface area (Å²) >= 11 is 0. The van der Waals surface area contributed by atoms with E-state index in [-0.39, 0.29) is 5.91 Å². The quantitative estimate of drug-likeness (QED) is 0.663. The van der Waals surface area contributed by atoms with E-state index >= 15 is 0 Å².